The van der Waals surface area contributed by atoms with E-state index in [1.54, 1.807) is 12.1 Å². The predicted octanol–water partition coefficient (Wildman–Crippen LogP) is 3.17. The molecule has 2 heterocycles. The Morgan fingerprint density at radius 3 is 2.64 bits per heavy atom. The summed E-state index contributed by atoms with van der Waals surface area (Å²) in [6.07, 6.45) is 4.00. The minimum atomic E-state index is -0.243. The molecule has 0 saturated carbocycles. The fourth-order valence-corrected chi connectivity index (χ4v) is 3.37. The summed E-state index contributed by atoms with van der Waals surface area (Å²) in [5, 5.41) is 2.92. The summed E-state index contributed by atoms with van der Waals surface area (Å²) in [6.45, 7) is 1.20. The van der Waals surface area contributed by atoms with Crippen molar-refractivity contribution in [3.05, 3.63) is 72.4 Å². The molecule has 1 aliphatic rings. The highest BCUT2D eigenvalue weighted by Gasteiger charge is 2.29. The highest BCUT2D eigenvalue weighted by atomic mass is 19.1. The van der Waals surface area contributed by atoms with Crippen LogP contribution in [0.5, 0.6) is 0 Å². The molecule has 126 valence electrons. The summed E-state index contributed by atoms with van der Waals surface area (Å²) in [4.78, 5) is 12.4. The van der Waals surface area contributed by atoms with Crippen LogP contribution >= 0.6 is 0 Å². The lowest BCUT2D eigenvalue weighted by molar-refractivity contribution is -0.690. The first-order valence-electron chi connectivity index (χ1n) is 8.43. The Morgan fingerprint density at radius 2 is 1.88 bits per heavy atom. The van der Waals surface area contributed by atoms with Gasteiger partial charge < -0.3 is 5.32 Å². The van der Waals surface area contributed by atoms with E-state index in [2.05, 4.69) is 9.88 Å². The number of aromatic nitrogens is 2. The third-order valence-corrected chi connectivity index (χ3v) is 4.51. The number of anilines is 1. The van der Waals surface area contributed by atoms with Crippen molar-refractivity contribution in [2.24, 2.45) is 0 Å². The van der Waals surface area contributed by atoms with Gasteiger partial charge >= 0.3 is 0 Å². The summed E-state index contributed by atoms with van der Waals surface area (Å²) >= 11 is 0. The predicted molar refractivity (Wildman–Crippen MR) is 93.4 cm³/mol. The Bertz CT molecular complexity index is 901. The lowest BCUT2D eigenvalue weighted by Gasteiger charge is -2.03. The molecule has 0 atom stereocenters. The molecule has 0 fully saturated rings. The second-order valence-corrected chi connectivity index (χ2v) is 6.23. The minimum Gasteiger partial charge on any atom is -0.323 e. The first-order valence-corrected chi connectivity index (χ1v) is 8.43. The van der Waals surface area contributed by atoms with E-state index < -0.39 is 0 Å². The molecular formula is C20H19FN3O+. The van der Waals surface area contributed by atoms with Gasteiger partial charge in [0.15, 0.2) is 12.2 Å². The van der Waals surface area contributed by atoms with Crippen LogP contribution in [-0.2, 0) is 24.3 Å². The number of nitrogens with zero attached hydrogens (tertiary/aromatic N) is 2. The highest BCUT2D eigenvalue weighted by Crippen LogP contribution is 2.24. The number of imidazole rings is 1. The van der Waals surface area contributed by atoms with Crippen molar-refractivity contribution in [1.29, 1.82) is 0 Å². The Hall–Kier alpha value is -2.95. The first kappa shape index (κ1) is 15.6. The Kier molecular flexibility index (Phi) is 4.06. The van der Waals surface area contributed by atoms with E-state index in [9.17, 15) is 9.18 Å². The molecule has 2 aromatic carbocycles. The molecule has 5 heteroatoms. The van der Waals surface area contributed by atoms with Crippen LogP contribution in [0.15, 0.2) is 60.8 Å². The molecule has 3 aromatic rings. The molecule has 4 nitrogen and oxygen atoms in total. The fraction of sp³-hybridized carbons (Fsp3) is 0.200. The van der Waals surface area contributed by atoms with Gasteiger partial charge in [0.2, 0.25) is 0 Å². The summed E-state index contributed by atoms with van der Waals surface area (Å²) in [5.74, 6) is 0.844. The zero-order valence-corrected chi connectivity index (χ0v) is 13.8. The van der Waals surface area contributed by atoms with E-state index in [0.29, 0.717) is 0 Å². The average Bonchev–Trinajstić information content (AvgIpc) is 3.21. The Labute approximate surface area is 145 Å². The van der Waals surface area contributed by atoms with Crippen LogP contribution in [0.25, 0.3) is 11.3 Å². The molecule has 1 aromatic heterocycles. The number of halogens is 1. The van der Waals surface area contributed by atoms with Crippen molar-refractivity contribution in [1.82, 2.24) is 4.57 Å². The molecular weight excluding hydrogens is 317 g/mol. The molecule has 0 aliphatic carbocycles. The lowest BCUT2D eigenvalue weighted by Crippen LogP contribution is -2.42. The molecule has 0 saturated heterocycles. The number of amides is 1. The maximum atomic E-state index is 13.2. The van der Waals surface area contributed by atoms with Gasteiger partial charge in [-0.2, -0.15) is 0 Å². The van der Waals surface area contributed by atoms with Crippen LogP contribution < -0.4 is 9.88 Å². The average molecular weight is 336 g/mol. The lowest BCUT2D eigenvalue weighted by atomic mass is 10.1. The fourth-order valence-electron chi connectivity index (χ4n) is 3.37. The van der Waals surface area contributed by atoms with Crippen LogP contribution in [0.2, 0.25) is 0 Å². The van der Waals surface area contributed by atoms with Crippen LogP contribution in [0.4, 0.5) is 10.1 Å². The molecule has 1 aliphatic heterocycles. The van der Waals surface area contributed by atoms with Gasteiger partial charge in [-0.25, -0.2) is 13.5 Å². The van der Waals surface area contributed by atoms with E-state index in [1.807, 2.05) is 41.1 Å². The second kappa shape index (κ2) is 6.51. The van der Waals surface area contributed by atoms with Crippen molar-refractivity contribution in [3.63, 3.8) is 0 Å². The van der Waals surface area contributed by atoms with Gasteiger partial charge in [0, 0.05) is 11.3 Å². The number of hydrogen-bond acceptors (Lipinski definition) is 1. The molecule has 0 radical (unpaired) electrons. The van der Waals surface area contributed by atoms with E-state index in [1.165, 1.54) is 12.1 Å². The summed E-state index contributed by atoms with van der Waals surface area (Å²) in [5.41, 5.74) is 2.79. The normalized spacial score (nSPS) is 12.8. The number of nitrogens with one attached hydrogen (secondary N) is 1. The second-order valence-electron chi connectivity index (χ2n) is 6.23. The van der Waals surface area contributed by atoms with E-state index in [-0.39, 0.29) is 18.3 Å². The zero-order valence-electron chi connectivity index (χ0n) is 13.8. The smallest absolute Gasteiger partial charge is 0.266 e. The molecule has 0 unspecified atom stereocenters. The number of carbonyl (C=O) groups is 1. The van der Waals surface area contributed by atoms with Crippen molar-refractivity contribution in [3.8, 4) is 11.3 Å². The van der Waals surface area contributed by atoms with E-state index in [0.717, 1.165) is 42.2 Å². The minimum absolute atomic E-state index is 0.0536. The highest BCUT2D eigenvalue weighted by molar-refractivity contribution is 5.89. The van der Waals surface area contributed by atoms with Crippen molar-refractivity contribution in [2.45, 2.75) is 25.9 Å². The van der Waals surface area contributed by atoms with Gasteiger partial charge in [-0.3, -0.25) is 4.79 Å². The van der Waals surface area contributed by atoms with Crippen LogP contribution in [0.1, 0.15) is 12.2 Å². The Balaban J connectivity index is 1.59. The van der Waals surface area contributed by atoms with Gasteiger partial charge in [0.25, 0.3) is 11.7 Å². The number of carbonyl (C=O) groups excluding carboxylic acids is 1. The Morgan fingerprint density at radius 1 is 1.12 bits per heavy atom. The zero-order chi connectivity index (χ0) is 17.2. The molecule has 1 N–H and O–H groups in total. The molecule has 1 amide bonds. The van der Waals surface area contributed by atoms with Gasteiger partial charge in [-0.15, -0.1) is 0 Å². The number of rotatable bonds is 4. The number of para-hydroxylation sites is 1. The summed E-state index contributed by atoms with van der Waals surface area (Å²) in [6, 6.07) is 16.0. The molecule has 0 spiro atoms. The largest absolute Gasteiger partial charge is 0.323 e. The number of hydrogen-bond donors (Lipinski definition) is 1. The van der Waals surface area contributed by atoms with Gasteiger partial charge in [0.05, 0.1) is 13.0 Å². The topological polar surface area (TPSA) is 37.9 Å². The number of fused-ring (bicyclic) bond motifs is 1. The third-order valence-electron chi connectivity index (χ3n) is 4.51. The monoisotopic (exact) mass is 336 g/mol. The van der Waals surface area contributed by atoms with E-state index >= 15 is 0 Å². The standard InChI is InChI=1S/C20H18FN3O/c21-16-10-8-15(9-11-16)18-13-23(20-7-4-12-24(18)20)14-19(25)22-17-5-2-1-3-6-17/h1-3,5-6,8-11,13H,4,7,12,14H2/p+1. The van der Waals surface area contributed by atoms with E-state index in [4.69, 9.17) is 0 Å². The maximum absolute atomic E-state index is 13.2. The number of benzene rings is 2. The van der Waals surface area contributed by atoms with Crippen molar-refractivity contribution >= 4 is 11.6 Å². The van der Waals surface area contributed by atoms with Crippen molar-refractivity contribution in [2.75, 3.05) is 5.32 Å². The molecule has 25 heavy (non-hydrogen) atoms. The maximum Gasteiger partial charge on any atom is 0.266 e. The molecule has 0 bridgehead atoms. The SMILES string of the molecule is O=C(C[n+]1cc(-c2ccc(F)cc2)n2c1CCC2)Nc1ccccc1. The van der Waals surface area contributed by atoms with Crippen molar-refractivity contribution < 1.29 is 13.8 Å². The summed E-state index contributed by atoms with van der Waals surface area (Å²) < 4.78 is 17.4. The van der Waals surface area contributed by atoms with Gasteiger partial charge in [-0.1, -0.05) is 18.2 Å². The van der Waals surface area contributed by atoms with Gasteiger partial charge in [0.1, 0.15) is 12.0 Å². The third kappa shape index (κ3) is 3.18. The van der Waals surface area contributed by atoms with Gasteiger partial charge in [-0.05, 0) is 42.8 Å². The van der Waals surface area contributed by atoms with Crippen LogP contribution in [0.3, 0.4) is 0 Å². The van der Waals surface area contributed by atoms with Crippen LogP contribution in [0, 0.1) is 5.82 Å². The summed E-state index contributed by atoms with van der Waals surface area (Å²) in [7, 11) is 0. The molecule has 4 rings (SSSR count). The first-order chi connectivity index (χ1) is 12.2. The quantitative estimate of drug-likeness (QED) is 0.730. The van der Waals surface area contributed by atoms with Crippen LogP contribution in [-0.4, -0.2) is 10.5 Å².